The topological polar surface area (TPSA) is 27.1 Å². The summed E-state index contributed by atoms with van der Waals surface area (Å²) in [6.45, 7) is 6.38. The smallest absolute Gasteiger partial charge is 0.151 e. The Labute approximate surface area is 102 Å². The standard InChI is InChI=1S/C14H18N2O/c1-10-7-11(2)9-13(8-10)12(3)14-15-5-6-16(14)17-4/h5-9,12H,1-4H3. The van der Waals surface area contributed by atoms with Gasteiger partial charge in [0.15, 0.2) is 5.82 Å². The molecule has 0 amide bonds. The van der Waals surface area contributed by atoms with Crippen molar-refractivity contribution in [3.63, 3.8) is 0 Å². The maximum absolute atomic E-state index is 5.24. The summed E-state index contributed by atoms with van der Waals surface area (Å²) in [5.74, 6) is 1.15. The fraction of sp³-hybridized carbons (Fsp3) is 0.357. The molecular formula is C14H18N2O. The maximum atomic E-state index is 5.24. The van der Waals surface area contributed by atoms with Crippen LogP contribution in [0.4, 0.5) is 0 Å². The first kappa shape index (κ1) is 11.7. The van der Waals surface area contributed by atoms with E-state index in [0.717, 1.165) is 5.82 Å². The number of aromatic nitrogens is 2. The molecule has 0 aliphatic rings. The molecule has 0 fully saturated rings. The fourth-order valence-corrected chi connectivity index (χ4v) is 2.17. The van der Waals surface area contributed by atoms with Crippen molar-refractivity contribution in [3.05, 3.63) is 53.1 Å². The van der Waals surface area contributed by atoms with Crippen LogP contribution in [-0.2, 0) is 0 Å². The van der Waals surface area contributed by atoms with Gasteiger partial charge in [0.1, 0.15) is 7.11 Å². The minimum atomic E-state index is 0.226. The lowest BCUT2D eigenvalue weighted by molar-refractivity contribution is 0.156. The van der Waals surface area contributed by atoms with E-state index in [-0.39, 0.29) is 5.92 Å². The van der Waals surface area contributed by atoms with Gasteiger partial charge in [-0.25, -0.2) is 4.98 Å². The highest BCUT2D eigenvalue weighted by Gasteiger charge is 2.15. The second-order valence-corrected chi connectivity index (χ2v) is 4.44. The second-order valence-electron chi connectivity index (χ2n) is 4.44. The first-order valence-electron chi connectivity index (χ1n) is 5.77. The Bertz CT molecular complexity index is 496. The summed E-state index contributed by atoms with van der Waals surface area (Å²) in [7, 11) is 1.65. The van der Waals surface area contributed by atoms with Gasteiger partial charge in [0.25, 0.3) is 0 Å². The molecule has 90 valence electrons. The van der Waals surface area contributed by atoms with Crippen LogP contribution in [0.25, 0.3) is 0 Å². The van der Waals surface area contributed by atoms with Crippen LogP contribution in [-0.4, -0.2) is 16.8 Å². The number of benzene rings is 1. The van der Waals surface area contributed by atoms with Crippen LogP contribution in [0.15, 0.2) is 30.6 Å². The normalized spacial score (nSPS) is 12.5. The van der Waals surface area contributed by atoms with E-state index in [0.29, 0.717) is 0 Å². The van der Waals surface area contributed by atoms with Gasteiger partial charge < -0.3 is 4.84 Å². The molecule has 0 bridgehead atoms. The van der Waals surface area contributed by atoms with Crippen LogP contribution < -0.4 is 4.84 Å². The number of nitrogens with zero attached hydrogens (tertiary/aromatic N) is 2. The largest absolute Gasteiger partial charge is 0.416 e. The Balaban J connectivity index is 2.39. The van der Waals surface area contributed by atoms with Gasteiger partial charge in [-0.15, -0.1) is 0 Å². The molecular weight excluding hydrogens is 212 g/mol. The number of aryl methyl sites for hydroxylation is 2. The Morgan fingerprint density at radius 1 is 1.18 bits per heavy atom. The molecule has 2 rings (SSSR count). The lowest BCUT2D eigenvalue weighted by atomic mass is 9.96. The predicted octanol–water partition coefficient (Wildman–Crippen LogP) is 2.71. The number of imidazole rings is 1. The summed E-state index contributed by atoms with van der Waals surface area (Å²) in [6, 6.07) is 6.58. The molecule has 1 unspecified atom stereocenters. The van der Waals surface area contributed by atoms with E-state index < -0.39 is 0 Å². The Morgan fingerprint density at radius 3 is 2.41 bits per heavy atom. The highest BCUT2D eigenvalue weighted by atomic mass is 16.6. The predicted molar refractivity (Wildman–Crippen MR) is 68.2 cm³/mol. The summed E-state index contributed by atoms with van der Waals surface area (Å²) in [5, 5.41) is 0. The molecule has 3 heteroatoms. The first-order valence-corrected chi connectivity index (χ1v) is 5.77. The van der Waals surface area contributed by atoms with Crippen molar-refractivity contribution in [3.8, 4) is 0 Å². The number of hydrogen-bond donors (Lipinski definition) is 0. The SMILES string of the molecule is COn1ccnc1C(C)c1cc(C)cc(C)c1. The zero-order valence-electron chi connectivity index (χ0n) is 10.8. The van der Waals surface area contributed by atoms with Crippen LogP contribution in [0.2, 0.25) is 0 Å². The molecule has 1 atom stereocenters. The average molecular weight is 230 g/mol. The number of hydrogen-bond acceptors (Lipinski definition) is 2. The van der Waals surface area contributed by atoms with E-state index in [9.17, 15) is 0 Å². The summed E-state index contributed by atoms with van der Waals surface area (Å²) in [4.78, 5) is 9.60. The van der Waals surface area contributed by atoms with E-state index in [2.05, 4.69) is 44.0 Å². The summed E-state index contributed by atoms with van der Waals surface area (Å²) < 4.78 is 1.71. The van der Waals surface area contributed by atoms with Crippen molar-refractivity contribution < 1.29 is 4.84 Å². The van der Waals surface area contributed by atoms with Crippen molar-refractivity contribution >= 4 is 0 Å². The quantitative estimate of drug-likeness (QED) is 0.810. The van der Waals surface area contributed by atoms with Crippen molar-refractivity contribution in [2.75, 3.05) is 7.11 Å². The van der Waals surface area contributed by atoms with E-state index in [1.165, 1.54) is 16.7 Å². The Kier molecular flexibility index (Phi) is 3.18. The average Bonchev–Trinajstić information content (AvgIpc) is 2.74. The van der Waals surface area contributed by atoms with Crippen LogP contribution in [0.1, 0.15) is 35.4 Å². The second kappa shape index (κ2) is 4.62. The van der Waals surface area contributed by atoms with Gasteiger partial charge in [-0.05, 0) is 19.4 Å². The van der Waals surface area contributed by atoms with Gasteiger partial charge in [-0.1, -0.05) is 36.2 Å². The molecule has 0 aliphatic carbocycles. The van der Waals surface area contributed by atoms with Gasteiger partial charge in [0, 0.05) is 12.1 Å². The molecule has 1 aromatic carbocycles. The van der Waals surface area contributed by atoms with Crippen molar-refractivity contribution in [1.29, 1.82) is 0 Å². The van der Waals surface area contributed by atoms with Crippen LogP contribution in [0, 0.1) is 13.8 Å². The zero-order chi connectivity index (χ0) is 12.4. The van der Waals surface area contributed by atoms with Gasteiger partial charge in [0.2, 0.25) is 0 Å². The van der Waals surface area contributed by atoms with Crippen molar-refractivity contribution in [2.45, 2.75) is 26.7 Å². The Hall–Kier alpha value is -1.77. The van der Waals surface area contributed by atoms with Crippen LogP contribution in [0.5, 0.6) is 0 Å². The molecule has 0 aliphatic heterocycles. The van der Waals surface area contributed by atoms with Crippen LogP contribution >= 0.6 is 0 Å². The summed E-state index contributed by atoms with van der Waals surface area (Å²) in [6.07, 6.45) is 3.59. The van der Waals surface area contributed by atoms with Crippen LogP contribution in [0.3, 0.4) is 0 Å². The molecule has 2 aromatic rings. The molecule has 17 heavy (non-hydrogen) atoms. The van der Waals surface area contributed by atoms with Crippen molar-refractivity contribution in [2.24, 2.45) is 0 Å². The van der Waals surface area contributed by atoms with E-state index in [1.54, 1.807) is 18.0 Å². The lowest BCUT2D eigenvalue weighted by Gasteiger charge is -2.14. The van der Waals surface area contributed by atoms with Gasteiger partial charge in [-0.3, -0.25) is 0 Å². The fourth-order valence-electron chi connectivity index (χ4n) is 2.17. The molecule has 0 saturated heterocycles. The first-order chi connectivity index (χ1) is 8.11. The molecule has 0 saturated carbocycles. The van der Waals surface area contributed by atoms with E-state index >= 15 is 0 Å². The monoisotopic (exact) mass is 230 g/mol. The lowest BCUT2D eigenvalue weighted by Crippen LogP contribution is -2.12. The third kappa shape index (κ3) is 2.33. The molecule has 1 heterocycles. The summed E-state index contributed by atoms with van der Waals surface area (Å²) in [5.41, 5.74) is 3.83. The highest BCUT2D eigenvalue weighted by Crippen LogP contribution is 2.24. The summed E-state index contributed by atoms with van der Waals surface area (Å²) >= 11 is 0. The minimum absolute atomic E-state index is 0.226. The zero-order valence-corrected chi connectivity index (χ0v) is 10.8. The van der Waals surface area contributed by atoms with Crippen molar-refractivity contribution in [1.82, 2.24) is 9.71 Å². The third-order valence-corrected chi connectivity index (χ3v) is 2.96. The maximum Gasteiger partial charge on any atom is 0.151 e. The van der Waals surface area contributed by atoms with Gasteiger partial charge in [-0.2, -0.15) is 4.73 Å². The van der Waals surface area contributed by atoms with E-state index in [1.807, 2.05) is 6.20 Å². The number of rotatable bonds is 3. The Morgan fingerprint density at radius 2 is 1.82 bits per heavy atom. The molecule has 0 spiro atoms. The van der Waals surface area contributed by atoms with Gasteiger partial charge >= 0.3 is 0 Å². The molecule has 3 nitrogen and oxygen atoms in total. The molecule has 0 radical (unpaired) electrons. The van der Waals surface area contributed by atoms with Gasteiger partial charge in [0.05, 0.1) is 6.20 Å². The molecule has 1 aromatic heterocycles. The minimum Gasteiger partial charge on any atom is -0.416 e. The van der Waals surface area contributed by atoms with E-state index in [4.69, 9.17) is 4.84 Å². The highest BCUT2D eigenvalue weighted by molar-refractivity contribution is 5.33. The third-order valence-electron chi connectivity index (χ3n) is 2.96. The molecule has 0 N–H and O–H groups in total.